The van der Waals surface area contributed by atoms with Gasteiger partial charge in [-0.2, -0.15) is 0 Å². The van der Waals surface area contributed by atoms with Gasteiger partial charge < -0.3 is 15.0 Å². The molecule has 2 aromatic rings. The van der Waals surface area contributed by atoms with Crippen LogP contribution in [0.3, 0.4) is 0 Å². The fourth-order valence-electron chi connectivity index (χ4n) is 4.07. The number of piperazine rings is 1. The molecule has 0 radical (unpaired) electrons. The van der Waals surface area contributed by atoms with Crippen LogP contribution in [0.15, 0.2) is 60.7 Å². The quantitative estimate of drug-likeness (QED) is 0.613. The lowest BCUT2D eigenvalue weighted by molar-refractivity contribution is -0.135. The maximum absolute atomic E-state index is 12.5. The summed E-state index contributed by atoms with van der Waals surface area (Å²) in [5, 5.41) is 4.63. The maximum Gasteiger partial charge on any atom is 0.322 e. The van der Waals surface area contributed by atoms with Crippen LogP contribution in [0.1, 0.15) is 23.7 Å². The van der Waals surface area contributed by atoms with Crippen LogP contribution in [0.5, 0.6) is 0 Å². The Labute approximate surface area is 187 Å². The highest BCUT2D eigenvalue weighted by Crippen LogP contribution is 2.25. The summed E-state index contributed by atoms with van der Waals surface area (Å²) in [6.45, 7) is 4.05. The summed E-state index contributed by atoms with van der Waals surface area (Å²) in [5.74, 6) is -0.554. The number of nitrogens with zero attached hydrogens (tertiary/aromatic N) is 2. The molecule has 2 fully saturated rings. The standard InChI is InChI=1S/C24H28N4O4/c29-21(17-20-23(30)26-24(31)25-20)28-13-11-27(12-14-28)15-16-32-22(18-7-3-1-4-8-18)19-9-5-2-6-10-19/h1-10,20,22H,11-17H2,(H2,25,26,30,31). The predicted octanol–water partition coefficient (Wildman–Crippen LogP) is 1.53. The van der Waals surface area contributed by atoms with E-state index in [9.17, 15) is 14.4 Å². The number of rotatable bonds is 8. The zero-order valence-corrected chi connectivity index (χ0v) is 17.9. The Morgan fingerprint density at radius 1 is 0.938 bits per heavy atom. The van der Waals surface area contributed by atoms with Crippen molar-refractivity contribution >= 4 is 17.8 Å². The summed E-state index contributed by atoms with van der Waals surface area (Å²) >= 11 is 0. The molecule has 0 aromatic heterocycles. The highest BCUT2D eigenvalue weighted by Gasteiger charge is 2.33. The molecule has 0 spiro atoms. The van der Waals surface area contributed by atoms with Crippen molar-refractivity contribution in [1.29, 1.82) is 0 Å². The van der Waals surface area contributed by atoms with Gasteiger partial charge in [0, 0.05) is 32.7 Å². The van der Waals surface area contributed by atoms with E-state index in [0.29, 0.717) is 19.7 Å². The molecule has 0 bridgehead atoms. The van der Waals surface area contributed by atoms with Gasteiger partial charge in [0.25, 0.3) is 5.91 Å². The van der Waals surface area contributed by atoms with Gasteiger partial charge in [-0.3, -0.25) is 19.8 Å². The van der Waals surface area contributed by atoms with Crippen molar-refractivity contribution < 1.29 is 19.1 Å². The Bertz CT molecular complexity index is 890. The first-order chi connectivity index (χ1) is 15.6. The molecule has 2 heterocycles. The van der Waals surface area contributed by atoms with E-state index in [1.165, 1.54) is 0 Å². The average Bonchev–Trinajstić information content (AvgIpc) is 3.14. The molecule has 2 aliphatic rings. The number of imide groups is 1. The van der Waals surface area contributed by atoms with Gasteiger partial charge >= 0.3 is 6.03 Å². The van der Waals surface area contributed by atoms with Crippen LogP contribution < -0.4 is 10.6 Å². The molecule has 2 saturated heterocycles. The van der Waals surface area contributed by atoms with Crippen molar-refractivity contribution in [3.63, 3.8) is 0 Å². The third-order valence-corrected chi connectivity index (χ3v) is 5.86. The van der Waals surface area contributed by atoms with E-state index in [4.69, 9.17) is 4.74 Å². The molecule has 0 saturated carbocycles. The first-order valence-corrected chi connectivity index (χ1v) is 10.9. The fraction of sp³-hybridized carbons (Fsp3) is 0.375. The zero-order chi connectivity index (χ0) is 22.3. The number of nitrogens with one attached hydrogen (secondary N) is 2. The van der Waals surface area contributed by atoms with Crippen LogP contribution >= 0.6 is 0 Å². The van der Waals surface area contributed by atoms with Crippen LogP contribution in [0.4, 0.5) is 4.79 Å². The van der Waals surface area contributed by atoms with Crippen LogP contribution in [0.25, 0.3) is 0 Å². The summed E-state index contributed by atoms with van der Waals surface area (Å²) in [6.07, 6.45) is -0.121. The van der Waals surface area contributed by atoms with Crippen LogP contribution in [-0.4, -0.2) is 73.0 Å². The maximum atomic E-state index is 12.5. The van der Waals surface area contributed by atoms with Crippen LogP contribution in [0.2, 0.25) is 0 Å². The first kappa shape index (κ1) is 22.0. The summed E-state index contributed by atoms with van der Waals surface area (Å²) in [4.78, 5) is 39.4. The van der Waals surface area contributed by atoms with Crippen LogP contribution in [0, 0.1) is 0 Å². The van der Waals surface area contributed by atoms with Crippen LogP contribution in [-0.2, 0) is 14.3 Å². The summed E-state index contributed by atoms with van der Waals surface area (Å²) in [6, 6.07) is 19.1. The van der Waals surface area contributed by atoms with E-state index >= 15 is 0 Å². The second kappa shape index (κ2) is 10.4. The van der Waals surface area contributed by atoms with E-state index in [2.05, 4.69) is 39.8 Å². The highest BCUT2D eigenvalue weighted by molar-refractivity contribution is 6.05. The smallest absolute Gasteiger partial charge is 0.322 e. The van der Waals surface area contributed by atoms with E-state index in [0.717, 1.165) is 30.8 Å². The molecule has 1 atom stereocenters. The number of urea groups is 1. The molecular formula is C24H28N4O4. The molecule has 4 amide bonds. The number of carbonyl (C=O) groups is 3. The van der Waals surface area contributed by atoms with Crippen molar-refractivity contribution in [3.05, 3.63) is 71.8 Å². The van der Waals surface area contributed by atoms with Gasteiger partial charge in [0.05, 0.1) is 13.0 Å². The first-order valence-electron chi connectivity index (χ1n) is 10.9. The van der Waals surface area contributed by atoms with Crippen molar-refractivity contribution in [3.8, 4) is 0 Å². The van der Waals surface area contributed by atoms with Gasteiger partial charge in [-0.05, 0) is 11.1 Å². The number of ether oxygens (including phenoxy) is 1. The molecule has 4 rings (SSSR count). The van der Waals surface area contributed by atoms with Gasteiger partial charge in [-0.15, -0.1) is 0 Å². The molecule has 2 N–H and O–H groups in total. The average molecular weight is 437 g/mol. The third kappa shape index (κ3) is 5.52. The normalized spacial score (nSPS) is 19.2. The number of amides is 4. The summed E-state index contributed by atoms with van der Waals surface area (Å²) < 4.78 is 6.29. The van der Waals surface area contributed by atoms with Gasteiger partial charge in [-0.1, -0.05) is 60.7 Å². The van der Waals surface area contributed by atoms with Gasteiger partial charge in [0.1, 0.15) is 12.1 Å². The zero-order valence-electron chi connectivity index (χ0n) is 17.9. The second-order valence-corrected chi connectivity index (χ2v) is 8.01. The largest absolute Gasteiger partial charge is 0.367 e. The van der Waals surface area contributed by atoms with E-state index < -0.39 is 18.0 Å². The van der Waals surface area contributed by atoms with Gasteiger partial charge in [0.15, 0.2) is 0 Å². The van der Waals surface area contributed by atoms with Crippen molar-refractivity contribution in [2.75, 3.05) is 39.3 Å². The monoisotopic (exact) mass is 436 g/mol. The third-order valence-electron chi connectivity index (χ3n) is 5.86. The lowest BCUT2D eigenvalue weighted by Crippen LogP contribution is -2.50. The molecule has 168 valence electrons. The summed E-state index contributed by atoms with van der Waals surface area (Å²) in [7, 11) is 0. The lowest BCUT2D eigenvalue weighted by Gasteiger charge is -2.35. The Hall–Kier alpha value is -3.23. The molecule has 8 heteroatoms. The highest BCUT2D eigenvalue weighted by atomic mass is 16.5. The van der Waals surface area contributed by atoms with Crippen molar-refractivity contribution in [2.45, 2.75) is 18.6 Å². The Morgan fingerprint density at radius 2 is 1.53 bits per heavy atom. The Morgan fingerprint density at radius 3 is 2.06 bits per heavy atom. The minimum atomic E-state index is -0.769. The SMILES string of the molecule is O=C1NC(=O)C(CC(=O)N2CCN(CCOC(c3ccccc3)c3ccccc3)CC2)N1. The van der Waals surface area contributed by atoms with Gasteiger partial charge in [-0.25, -0.2) is 4.79 Å². The van der Waals surface area contributed by atoms with E-state index in [1.54, 1.807) is 4.90 Å². The minimum absolute atomic E-state index is 0.00346. The second-order valence-electron chi connectivity index (χ2n) is 8.01. The Kier molecular flexibility index (Phi) is 7.14. The molecule has 2 aliphatic heterocycles. The summed E-state index contributed by atoms with van der Waals surface area (Å²) in [5.41, 5.74) is 2.24. The van der Waals surface area contributed by atoms with Crippen molar-refractivity contribution in [2.24, 2.45) is 0 Å². The molecule has 0 aliphatic carbocycles. The number of benzene rings is 2. The molecule has 1 unspecified atom stereocenters. The number of hydrogen-bond donors (Lipinski definition) is 2. The fourth-order valence-corrected chi connectivity index (χ4v) is 4.07. The van der Waals surface area contributed by atoms with Gasteiger partial charge in [0.2, 0.25) is 5.91 Å². The molecule has 32 heavy (non-hydrogen) atoms. The minimum Gasteiger partial charge on any atom is -0.367 e. The number of carbonyl (C=O) groups excluding carboxylic acids is 3. The molecule has 2 aromatic carbocycles. The molecular weight excluding hydrogens is 408 g/mol. The van der Waals surface area contributed by atoms with E-state index in [1.807, 2.05) is 36.4 Å². The van der Waals surface area contributed by atoms with E-state index in [-0.39, 0.29) is 18.4 Å². The molecule has 8 nitrogen and oxygen atoms in total. The predicted molar refractivity (Wildman–Crippen MR) is 119 cm³/mol. The topological polar surface area (TPSA) is 91.0 Å². The number of hydrogen-bond acceptors (Lipinski definition) is 5. The van der Waals surface area contributed by atoms with Crippen molar-refractivity contribution in [1.82, 2.24) is 20.4 Å². The Balaban J connectivity index is 1.24. The lowest BCUT2D eigenvalue weighted by atomic mass is 10.0.